The molecule has 4 heteroatoms. The van der Waals surface area contributed by atoms with Crippen molar-refractivity contribution >= 4 is 5.97 Å². The summed E-state index contributed by atoms with van der Waals surface area (Å²) in [5.41, 5.74) is 0. The Morgan fingerprint density at radius 1 is 1.82 bits per heavy atom. The molecular formula is C7H16NO3+. The zero-order chi connectivity index (χ0) is 13.4. The van der Waals surface area contributed by atoms with E-state index in [-0.39, 0.29) is 0 Å². The minimum Gasteiger partial charge on any atom is -0.481 e. The van der Waals surface area contributed by atoms with Crippen LogP contribution in [0.3, 0.4) is 0 Å². The molecule has 0 saturated heterocycles. The van der Waals surface area contributed by atoms with Crippen LogP contribution in [0.5, 0.6) is 0 Å². The zero-order valence-electron chi connectivity index (χ0n) is 11.5. The Morgan fingerprint density at radius 3 is 2.73 bits per heavy atom. The quantitative estimate of drug-likeness (QED) is 0.556. The lowest BCUT2D eigenvalue weighted by Gasteiger charge is -2.25. The molecule has 0 aliphatic rings. The fourth-order valence-electron chi connectivity index (χ4n) is 0.584. The van der Waals surface area contributed by atoms with Crippen molar-refractivity contribution in [2.24, 2.45) is 0 Å². The lowest BCUT2D eigenvalue weighted by molar-refractivity contribution is -0.873. The van der Waals surface area contributed by atoms with Crippen molar-refractivity contribution in [3.63, 3.8) is 0 Å². The number of aliphatic hydroxyl groups excluding tert-OH is 1. The highest BCUT2D eigenvalue weighted by Crippen LogP contribution is 1.98. The maximum absolute atomic E-state index is 10.4. The minimum absolute atomic E-state index is 0.843. The van der Waals surface area contributed by atoms with Crippen molar-refractivity contribution < 1.29 is 26.3 Å². The van der Waals surface area contributed by atoms with E-state index in [1.807, 2.05) is 0 Å². The average Bonchev–Trinajstić information content (AvgIpc) is 2.00. The number of aliphatic carboxylic acids is 1. The third-order valence-electron chi connectivity index (χ3n) is 0.840. The predicted molar refractivity (Wildman–Crippen MR) is 41.2 cm³/mol. The summed E-state index contributed by atoms with van der Waals surface area (Å²) in [6.45, 7) is -5.27. The van der Waals surface area contributed by atoms with E-state index in [1.165, 1.54) is 0 Å². The van der Waals surface area contributed by atoms with Crippen molar-refractivity contribution in [1.82, 2.24) is 0 Å². The maximum atomic E-state index is 10.4. The van der Waals surface area contributed by atoms with Gasteiger partial charge in [-0.1, -0.05) is 0 Å². The summed E-state index contributed by atoms with van der Waals surface area (Å²) in [7, 11) is 2.16. The third-order valence-corrected chi connectivity index (χ3v) is 0.840. The SMILES string of the molecule is [2H]C([2H])([2H])[N+](C)(C)C([2H])([2H])[C@H](O)CC(=O)O. The second-order valence-corrected chi connectivity index (χ2v) is 2.70. The number of hydrogen-bond donors (Lipinski definition) is 2. The molecule has 0 aromatic carbocycles. The number of carboxylic acids is 1. The van der Waals surface area contributed by atoms with E-state index in [4.69, 9.17) is 12.0 Å². The zero-order valence-corrected chi connectivity index (χ0v) is 6.53. The molecule has 0 fully saturated rings. The van der Waals surface area contributed by atoms with Crippen LogP contribution in [0.25, 0.3) is 0 Å². The summed E-state index contributed by atoms with van der Waals surface area (Å²) < 4.78 is 35.5. The number of rotatable bonds is 4. The Morgan fingerprint density at radius 2 is 2.36 bits per heavy atom. The van der Waals surface area contributed by atoms with Crippen LogP contribution in [-0.4, -0.2) is 54.3 Å². The number of quaternary nitrogens is 1. The van der Waals surface area contributed by atoms with Crippen LogP contribution in [0.2, 0.25) is 0 Å². The van der Waals surface area contributed by atoms with Crippen molar-refractivity contribution in [2.45, 2.75) is 12.5 Å². The van der Waals surface area contributed by atoms with Gasteiger partial charge in [0.15, 0.2) is 0 Å². The molecule has 0 unspecified atom stereocenters. The molecule has 0 amide bonds. The highest BCUT2D eigenvalue weighted by atomic mass is 16.4. The molecule has 0 aliphatic heterocycles. The number of hydrogen-bond acceptors (Lipinski definition) is 2. The lowest BCUT2D eigenvalue weighted by atomic mass is 10.2. The molecule has 0 spiro atoms. The van der Waals surface area contributed by atoms with E-state index in [2.05, 4.69) is 0 Å². The Hall–Kier alpha value is -0.610. The normalized spacial score (nSPS) is 23.7. The van der Waals surface area contributed by atoms with Gasteiger partial charge < -0.3 is 14.7 Å². The van der Waals surface area contributed by atoms with E-state index >= 15 is 0 Å². The second kappa shape index (κ2) is 3.69. The minimum atomic E-state index is -2.69. The molecular weight excluding hydrogens is 146 g/mol. The number of carboxylic acid groups (broad SMARTS) is 1. The van der Waals surface area contributed by atoms with Gasteiger partial charge in [-0.3, -0.25) is 4.79 Å². The molecule has 1 atom stereocenters. The fourth-order valence-corrected chi connectivity index (χ4v) is 0.584. The van der Waals surface area contributed by atoms with Crippen molar-refractivity contribution in [2.75, 3.05) is 27.6 Å². The molecule has 0 aliphatic carbocycles. The molecule has 0 aromatic rings. The monoisotopic (exact) mass is 167 g/mol. The van der Waals surface area contributed by atoms with E-state index < -0.39 is 36.4 Å². The van der Waals surface area contributed by atoms with Crippen LogP contribution in [0.15, 0.2) is 0 Å². The molecule has 66 valence electrons. The molecule has 0 saturated carbocycles. The largest absolute Gasteiger partial charge is 0.481 e. The molecule has 0 aromatic heterocycles. The molecule has 4 nitrogen and oxygen atoms in total. The van der Waals surface area contributed by atoms with E-state index in [0.717, 1.165) is 14.1 Å². The smallest absolute Gasteiger partial charge is 0.306 e. The van der Waals surface area contributed by atoms with Gasteiger partial charge in [0.25, 0.3) is 0 Å². The highest BCUT2D eigenvalue weighted by Gasteiger charge is 2.17. The number of nitrogens with zero attached hydrogens (tertiary/aromatic N) is 1. The average molecular weight is 167 g/mol. The van der Waals surface area contributed by atoms with Crippen molar-refractivity contribution in [3.05, 3.63) is 0 Å². The van der Waals surface area contributed by atoms with Gasteiger partial charge >= 0.3 is 5.97 Å². The Balaban J connectivity index is 5.11. The summed E-state index contributed by atoms with van der Waals surface area (Å²) in [4.78, 5) is 10.4. The van der Waals surface area contributed by atoms with Gasteiger partial charge in [-0.15, -0.1) is 0 Å². The van der Waals surface area contributed by atoms with Crippen molar-refractivity contribution in [3.8, 4) is 0 Å². The fraction of sp³-hybridized carbons (Fsp3) is 0.857. The molecule has 2 N–H and O–H groups in total. The van der Waals surface area contributed by atoms with Crippen LogP contribution < -0.4 is 0 Å². The van der Waals surface area contributed by atoms with Crippen LogP contribution in [0.1, 0.15) is 13.3 Å². The summed E-state index contributed by atoms with van der Waals surface area (Å²) in [6.07, 6.45) is -2.73. The summed E-state index contributed by atoms with van der Waals surface area (Å²) in [5, 5.41) is 17.9. The van der Waals surface area contributed by atoms with E-state index in [9.17, 15) is 9.90 Å². The second-order valence-electron chi connectivity index (χ2n) is 2.70. The molecule has 0 heterocycles. The van der Waals surface area contributed by atoms with Crippen LogP contribution in [0.4, 0.5) is 0 Å². The first-order chi connectivity index (χ1) is 6.84. The Labute approximate surface area is 73.7 Å². The Kier molecular flexibility index (Phi) is 1.48. The topological polar surface area (TPSA) is 57.5 Å². The lowest BCUT2D eigenvalue weighted by Crippen LogP contribution is -2.42. The van der Waals surface area contributed by atoms with Crippen LogP contribution in [-0.2, 0) is 4.79 Å². The molecule has 0 rings (SSSR count). The summed E-state index contributed by atoms with van der Waals surface area (Å²) >= 11 is 0. The van der Waals surface area contributed by atoms with Gasteiger partial charge in [-0.05, 0) is 0 Å². The number of carbonyl (C=O) groups is 1. The summed E-state index contributed by atoms with van der Waals surface area (Å²) in [6, 6.07) is 0. The number of aliphatic hydroxyl groups is 1. The first-order valence-corrected chi connectivity index (χ1v) is 3.08. The van der Waals surface area contributed by atoms with Gasteiger partial charge in [0, 0.05) is 0 Å². The standard InChI is InChI=1S/C7H15NO3/c1-8(2,3)5-6(9)4-7(10)11/h6,9H,4-5H2,1-3H3/p+1/t6-/m1/s1/i1D3,5D2. The van der Waals surface area contributed by atoms with Gasteiger partial charge in [-0.25, -0.2) is 0 Å². The van der Waals surface area contributed by atoms with Crippen LogP contribution in [0, 0.1) is 0 Å². The molecule has 11 heavy (non-hydrogen) atoms. The van der Waals surface area contributed by atoms with Gasteiger partial charge in [-0.2, -0.15) is 0 Å². The Bertz CT molecular complexity index is 276. The van der Waals surface area contributed by atoms with Crippen molar-refractivity contribution in [1.29, 1.82) is 0 Å². The van der Waals surface area contributed by atoms with E-state index in [1.54, 1.807) is 0 Å². The van der Waals surface area contributed by atoms with E-state index in [0.29, 0.717) is 0 Å². The number of likely N-dealkylation sites (N-methyl/N-ethyl adjacent to an activating group) is 1. The highest BCUT2D eigenvalue weighted by molar-refractivity contribution is 5.67. The first-order valence-electron chi connectivity index (χ1n) is 5.58. The van der Waals surface area contributed by atoms with Gasteiger partial charge in [0.2, 0.25) is 0 Å². The third kappa shape index (κ3) is 7.29. The predicted octanol–water partition coefficient (Wildman–Crippen LogP) is -0.472. The molecule has 0 radical (unpaired) electrons. The van der Waals surface area contributed by atoms with Gasteiger partial charge in [0.1, 0.15) is 12.6 Å². The maximum Gasteiger partial charge on any atom is 0.306 e. The molecule has 0 bridgehead atoms. The first kappa shape index (κ1) is 4.42. The summed E-state index contributed by atoms with van der Waals surface area (Å²) in [5.74, 6) is -1.39. The van der Waals surface area contributed by atoms with Gasteiger partial charge in [0.05, 0.1) is 34.3 Å². The van der Waals surface area contributed by atoms with Crippen LogP contribution >= 0.6 is 0 Å².